The summed E-state index contributed by atoms with van der Waals surface area (Å²) in [6.07, 6.45) is -13.7. The zero-order valence-corrected chi connectivity index (χ0v) is 17.3. The first-order chi connectivity index (χ1) is 15.1. The van der Waals surface area contributed by atoms with Gasteiger partial charge < -0.3 is 59.8 Å². The van der Waals surface area contributed by atoms with Crippen LogP contribution in [0.2, 0.25) is 0 Å². The van der Waals surface area contributed by atoms with E-state index in [0.717, 1.165) is 0 Å². The summed E-state index contributed by atoms with van der Waals surface area (Å²) in [7, 11) is 0. The van der Waals surface area contributed by atoms with Gasteiger partial charge in [0.2, 0.25) is 0 Å². The van der Waals surface area contributed by atoms with E-state index >= 15 is 0 Å². The van der Waals surface area contributed by atoms with Gasteiger partial charge >= 0.3 is 0 Å². The average molecular weight is 462 g/mol. The summed E-state index contributed by atoms with van der Waals surface area (Å²) in [5, 5.41) is 79.5. The maximum absolute atomic E-state index is 10.7. The van der Waals surface area contributed by atoms with Crippen molar-refractivity contribution < 1.29 is 59.8 Å². The lowest BCUT2D eigenvalue weighted by atomic mass is 9.97. The summed E-state index contributed by atoms with van der Waals surface area (Å²) in [5.41, 5.74) is 0.636. The Bertz CT molecular complexity index is 747. The van der Waals surface area contributed by atoms with Crippen molar-refractivity contribution in [1.82, 2.24) is 0 Å². The van der Waals surface area contributed by atoms with Gasteiger partial charge in [-0.3, -0.25) is 0 Å². The van der Waals surface area contributed by atoms with Crippen molar-refractivity contribution in [3.8, 4) is 11.5 Å². The fourth-order valence-electron chi connectivity index (χ4n) is 3.65. The third-order valence-corrected chi connectivity index (χ3v) is 5.63. The highest BCUT2D eigenvalue weighted by Gasteiger charge is 2.50. The quantitative estimate of drug-likeness (QED) is 0.196. The van der Waals surface area contributed by atoms with Gasteiger partial charge in [0.1, 0.15) is 42.7 Å². The predicted molar refractivity (Wildman–Crippen MR) is 104 cm³/mol. The number of hydrogen-bond acceptors (Lipinski definition) is 12. The van der Waals surface area contributed by atoms with E-state index in [4.69, 9.17) is 18.9 Å². The molecule has 2 aliphatic rings. The molecule has 2 heterocycles. The van der Waals surface area contributed by atoms with E-state index in [9.17, 15) is 40.9 Å². The fraction of sp³-hybridized carbons (Fsp3) is 0.700. The van der Waals surface area contributed by atoms with Crippen molar-refractivity contribution in [2.24, 2.45) is 0 Å². The Balaban J connectivity index is 1.64. The summed E-state index contributed by atoms with van der Waals surface area (Å²) < 4.78 is 21.8. The number of aromatic hydroxyl groups is 2. The molecule has 10 atom stereocenters. The van der Waals surface area contributed by atoms with Crippen LogP contribution in [0.15, 0.2) is 18.2 Å². The number of aliphatic hydroxyl groups excluding tert-OH is 6. The van der Waals surface area contributed by atoms with Gasteiger partial charge in [0.15, 0.2) is 24.1 Å². The Kier molecular flexibility index (Phi) is 8.27. The van der Waals surface area contributed by atoms with Crippen LogP contribution in [0.3, 0.4) is 0 Å². The van der Waals surface area contributed by atoms with Crippen molar-refractivity contribution in [2.45, 2.75) is 74.8 Å². The second-order valence-electron chi connectivity index (χ2n) is 7.93. The van der Waals surface area contributed by atoms with Gasteiger partial charge in [0.05, 0.1) is 19.3 Å². The third kappa shape index (κ3) is 5.31. The van der Waals surface area contributed by atoms with Gasteiger partial charge in [-0.1, -0.05) is 6.07 Å². The Morgan fingerprint density at radius 2 is 1.56 bits per heavy atom. The van der Waals surface area contributed by atoms with Crippen molar-refractivity contribution in [3.05, 3.63) is 23.8 Å². The first-order valence-electron chi connectivity index (χ1n) is 10.2. The minimum Gasteiger partial charge on any atom is -0.504 e. The Morgan fingerprint density at radius 1 is 0.844 bits per heavy atom. The molecule has 0 amide bonds. The van der Waals surface area contributed by atoms with Crippen molar-refractivity contribution >= 4 is 0 Å². The lowest BCUT2D eigenvalue weighted by molar-refractivity contribution is -0.357. The molecule has 2 saturated heterocycles. The van der Waals surface area contributed by atoms with Crippen LogP contribution in [-0.4, -0.2) is 115 Å². The minimum absolute atomic E-state index is 0.0113. The predicted octanol–water partition coefficient (Wildman–Crippen LogP) is -2.69. The molecule has 0 spiro atoms. The van der Waals surface area contributed by atoms with Crippen LogP contribution in [0.4, 0.5) is 0 Å². The number of phenolic OH excluding ortho intramolecular Hbond substituents is 2. The Hall–Kier alpha value is -1.58. The smallest absolute Gasteiger partial charge is 0.187 e. The molecule has 0 radical (unpaired) electrons. The molecule has 0 unspecified atom stereocenters. The number of rotatable bonds is 7. The first kappa shape index (κ1) is 25.1. The largest absolute Gasteiger partial charge is 0.504 e. The molecule has 2 aliphatic heterocycles. The van der Waals surface area contributed by atoms with Gasteiger partial charge in [-0.15, -0.1) is 0 Å². The highest BCUT2D eigenvalue weighted by Crippen LogP contribution is 2.30. The average Bonchev–Trinajstić information content (AvgIpc) is 2.77. The molecule has 12 nitrogen and oxygen atoms in total. The molecule has 0 aromatic heterocycles. The van der Waals surface area contributed by atoms with E-state index < -0.39 is 68.0 Å². The summed E-state index contributed by atoms with van der Waals surface area (Å²) in [4.78, 5) is 0. The molecule has 0 aliphatic carbocycles. The highest BCUT2D eigenvalue weighted by molar-refractivity contribution is 5.40. The molecule has 182 valence electrons. The molecule has 2 fully saturated rings. The zero-order chi connectivity index (χ0) is 23.6. The van der Waals surface area contributed by atoms with E-state index in [-0.39, 0.29) is 24.5 Å². The zero-order valence-electron chi connectivity index (χ0n) is 17.3. The van der Waals surface area contributed by atoms with Crippen molar-refractivity contribution in [2.75, 3.05) is 13.2 Å². The van der Waals surface area contributed by atoms with E-state index in [1.54, 1.807) is 6.07 Å². The lowest BCUT2D eigenvalue weighted by Crippen LogP contribution is -2.64. The molecule has 1 aromatic carbocycles. The second kappa shape index (κ2) is 10.6. The number of ether oxygens (including phenoxy) is 4. The maximum atomic E-state index is 10.7. The summed E-state index contributed by atoms with van der Waals surface area (Å²) >= 11 is 0. The molecule has 3 rings (SSSR count). The van der Waals surface area contributed by atoms with Crippen molar-refractivity contribution in [3.63, 3.8) is 0 Å². The normalized spacial score (nSPS) is 40.3. The number of hydrogen-bond donors (Lipinski definition) is 8. The summed E-state index contributed by atoms with van der Waals surface area (Å²) in [6.45, 7) is 0.846. The number of aliphatic hydroxyl groups is 6. The van der Waals surface area contributed by atoms with E-state index in [1.165, 1.54) is 19.1 Å². The fourth-order valence-corrected chi connectivity index (χ4v) is 3.65. The van der Waals surface area contributed by atoms with Crippen LogP contribution in [0.25, 0.3) is 0 Å². The van der Waals surface area contributed by atoms with Gasteiger partial charge in [0.25, 0.3) is 0 Å². The number of phenols is 2. The number of benzene rings is 1. The van der Waals surface area contributed by atoms with Crippen LogP contribution in [-0.2, 0) is 25.4 Å². The maximum Gasteiger partial charge on any atom is 0.187 e. The molecular formula is C20H30O12. The van der Waals surface area contributed by atoms with Gasteiger partial charge in [-0.05, 0) is 31.0 Å². The molecule has 12 heteroatoms. The van der Waals surface area contributed by atoms with Crippen LogP contribution in [0.1, 0.15) is 12.5 Å². The van der Waals surface area contributed by atoms with Gasteiger partial charge in [-0.2, -0.15) is 0 Å². The summed E-state index contributed by atoms with van der Waals surface area (Å²) in [5.74, 6) is -0.555. The molecule has 32 heavy (non-hydrogen) atoms. The molecule has 1 aromatic rings. The van der Waals surface area contributed by atoms with Crippen molar-refractivity contribution in [1.29, 1.82) is 0 Å². The monoisotopic (exact) mass is 462 g/mol. The van der Waals surface area contributed by atoms with E-state index in [1.807, 2.05) is 0 Å². The van der Waals surface area contributed by atoms with E-state index in [0.29, 0.717) is 5.56 Å². The highest BCUT2D eigenvalue weighted by atomic mass is 16.7. The topological polar surface area (TPSA) is 199 Å². The SMILES string of the molecule is C[C@H]1O[C@H](O[C@H]2[C@H](O)[C@@H](OCCc3ccc(O)c(O)c3)O[C@@H](CO)[C@@H]2O)[C@@H](O)[C@@H](O)[C@@H]1O. The lowest BCUT2D eigenvalue weighted by Gasteiger charge is -2.45. The Labute approximate surface area is 183 Å². The van der Waals surface area contributed by atoms with Crippen LogP contribution in [0.5, 0.6) is 11.5 Å². The molecule has 8 N–H and O–H groups in total. The molecule has 0 bridgehead atoms. The standard InChI is InChI=1S/C20H30O12/c1-8-13(24)15(26)16(27)20(30-8)32-18-14(25)12(7-21)31-19(17(18)28)29-5-4-9-2-3-10(22)11(23)6-9/h2-3,6,8,12-28H,4-5,7H2,1H3/t8-,12+,13-,14+,15+,16+,17+,18-,19+,20-/m1/s1. The molecular weight excluding hydrogens is 432 g/mol. The third-order valence-electron chi connectivity index (χ3n) is 5.63. The van der Waals surface area contributed by atoms with E-state index in [2.05, 4.69) is 0 Å². The summed E-state index contributed by atoms with van der Waals surface area (Å²) in [6, 6.07) is 4.25. The van der Waals surface area contributed by atoms with Crippen LogP contribution in [0, 0.1) is 0 Å². The van der Waals surface area contributed by atoms with Crippen LogP contribution >= 0.6 is 0 Å². The molecule has 0 saturated carbocycles. The van der Waals surface area contributed by atoms with Gasteiger partial charge in [0, 0.05) is 0 Å². The Morgan fingerprint density at radius 3 is 2.22 bits per heavy atom. The first-order valence-corrected chi connectivity index (χ1v) is 10.2. The minimum atomic E-state index is -1.66. The van der Waals surface area contributed by atoms with Gasteiger partial charge in [-0.25, -0.2) is 0 Å². The van der Waals surface area contributed by atoms with Crippen LogP contribution < -0.4 is 0 Å². The second-order valence-corrected chi connectivity index (χ2v) is 7.93.